The number of hydrogen-bond acceptors (Lipinski definition) is 6. The fourth-order valence-electron chi connectivity index (χ4n) is 1.70. The molecule has 1 aromatic carbocycles. The first kappa shape index (κ1) is 17.4. The summed E-state index contributed by atoms with van der Waals surface area (Å²) in [6.45, 7) is 1.10. The Labute approximate surface area is 133 Å². The van der Waals surface area contributed by atoms with Crippen molar-refractivity contribution in [2.75, 3.05) is 32.1 Å². The van der Waals surface area contributed by atoms with Gasteiger partial charge in [0.1, 0.15) is 5.75 Å². The topological polar surface area (TPSA) is 72.5 Å². The van der Waals surface area contributed by atoms with E-state index in [0.29, 0.717) is 28.5 Å². The first-order valence-corrected chi connectivity index (χ1v) is 7.35. The maximum atomic E-state index is 12.2. The molecule has 0 atom stereocenters. The Bertz CT molecular complexity index is 675. The van der Waals surface area contributed by atoms with Crippen molar-refractivity contribution in [2.24, 2.45) is 0 Å². The van der Waals surface area contributed by atoms with Crippen LogP contribution in [0.1, 0.15) is 0 Å². The summed E-state index contributed by atoms with van der Waals surface area (Å²) in [7, 11) is 1.56. The van der Waals surface area contributed by atoms with Gasteiger partial charge in [0.05, 0.1) is 23.4 Å². The van der Waals surface area contributed by atoms with Crippen LogP contribution in [0.5, 0.6) is 5.75 Å². The van der Waals surface area contributed by atoms with Crippen LogP contribution in [0.15, 0.2) is 18.2 Å². The second-order valence-electron chi connectivity index (χ2n) is 4.41. The first-order chi connectivity index (χ1) is 10.9. The van der Waals surface area contributed by atoms with Crippen molar-refractivity contribution in [1.82, 2.24) is 10.3 Å². The van der Waals surface area contributed by atoms with Crippen LogP contribution in [0.25, 0.3) is 10.2 Å². The number of ether oxygens (including phenoxy) is 2. The summed E-state index contributed by atoms with van der Waals surface area (Å²) in [6.07, 6.45) is -4.75. The van der Waals surface area contributed by atoms with Crippen molar-refractivity contribution in [3.63, 3.8) is 0 Å². The van der Waals surface area contributed by atoms with Gasteiger partial charge in [-0.15, -0.1) is 13.2 Å². The van der Waals surface area contributed by atoms with Crippen LogP contribution < -0.4 is 15.4 Å². The van der Waals surface area contributed by atoms with E-state index in [1.165, 1.54) is 18.2 Å². The maximum absolute atomic E-state index is 12.2. The van der Waals surface area contributed by atoms with Gasteiger partial charge < -0.3 is 20.1 Å². The number of methoxy groups -OCH3 is 1. The Morgan fingerprint density at radius 3 is 2.87 bits per heavy atom. The summed E-state index contributed by atoms with van der Waals surface area (Å²) in [5.74, 6) is -0.625. The number of anilines is 1. The molecule has 0 fully saturated rings. The SMILES string of the molecule is COCCNCC(=O)Nc1nc2ccc(OC(F)(F)F)cc2s1. The number of aromatic nitrogens is 1. The van der Waals surface area contributed by atoms with Crippen molar-refractivity contribution >= 4 is 32.6 Å². The molecule has 1 heterocycles. The number of nitrogens with zero attached hydrogens (tertiary/aromatic N) is 1. The highest BCUT2D eigenvalue weighted by Crippen LogP contribution is 2.31. The molecule has 0 radical (unpaired) electrons. The van der Waals surface area contributed by atoms with E-state index >= 15 is 0 Å². The Kier molecular flexibility index (Phi) is 5.74. The van der Waals surface area contributed by atoms with Crippen LogP contribution in [-0.4, -0.2) is 44.1 Å². The monoisotopic (exact) mass is 349 g/mol. The number of benzene rings is 1. The number of nitrogens with one attached hydrogen (secondary N) is 2. The van der Waals surface area contributed by atoms with Gasteiger partial charge >= 0.3 is 6.36 Å². The van der Waals surface area contributed by atoms with Crippen molar-refractivity contribution in [3.8, 4) is 5.75 Å². The molecular formula is C13H14F3N3O3S. The van der Waals surface area contributed by atoms with Crippen LogP contribution in [0.2, 0.25) is 0 Å². The molecule has 126 valence electrons. The Morgan fingerprint density at radius 2 is 2.17 bits per heavy atom. The smallest absolute Gasteiger partial charge is 0.406 e. The molecular weight excluding hydrogens is 335 g/mol. The Morgan fingerprint density at radius 1 is 1.39 bits per heavy atom. The van der Waals surface area contributed by atoms with Crippen LogP contribution in [0, 0.1) is 0 Å². The van der Waals surface area contributed by atoms with Gasteiger partial charge in [0.15, 0.2) is 5.13 Å². The summed E-state index contributed by atoms with van der Waals surface area (Å²) >= 11 is 1.07. The number of carbonyl (C=O) groups is 1. The molecule has 10 heteroatoms. The number of amides is 1. The van der Waals surface area contributed by atoms with E-state index in [1.54, 1.807) is 7.11 Å². The first-order valence-electron chi connectivity index (χ1n) is 6.53. The van der Waals surface area contributed by atoms with Gasteiger partial charge in [-0.1, -0.05) is 11.3 Å². The van der Waals surface area contributed by atoms with Crippen molar-refractivity contribution in [2.45, 2.75) is 6.36 Å². The highest BCUT2D eigenvalue weighted by molar-refractivity contribution is 7.22. The lowest BCUT2D eigenvalue weighted by Gasteiger charge is -2.07. The third kappa shape index (κ3) is 5.66. The Hall–Kier alpha value is -1.91. The molecule has 0 aliphatic rings. The molecule has 1 amide bonds. The van der Waals surface area contributed by atoms with Crippen LogP contribution in [-0.2, 0) is 9.53 Å². The summed E-state index contributed by atoms with van der Waals surface area (Å²) in [5.41, 5.74) is 0.479. The number of carbonyl (C=O) groups excluding carboxylic acids is 1. The number of fused-ring (bicyclic) bond motifs is 1. The third-order valence-electron chi connectivity index (χ3n) is 2.61. The normalized spacial score (nSPS) is 11.7. The van der Waals surface area contributed by atoms with Gasteiger partial charge in [0.2, 0.25) is 5.91 Å². The molecule has 0 saturated heterocycles. The molecule has 23 heavy (non-hydrogen) atoms. The number of hydrogen-bond donors (Lipinski definition) is 2. The minimum absolute atomic E-state index is 0.0850. The Balaban J connectivity index is 1.98. The highest BCUT2D eigenvalue weighted by atomic mass is 32.1. The number of thiazole rings is 1. The average molecular weight is 349 g/mol. The molecule has 0 aliphatic carbocycles. The van der Waals surface area contributed by atoms with Crippen molar-refractivity contribution < 1.29 is 27.4 Å². The predicted octanol–water partition coefficient (Wildman–Crippen LogP) is 2.37. The molecule has 2 N–H and O–H groups in total. The van der Waals surface area contributed by atoms with Crippen LogP contribution in [0.4, 0.5) is 18.3 Å². The van der Waals surface area contributed by atoms with E-state index in [2.05, 4.69) is 20.4 Å². The lowest BCUT2D eigenvalue weighted by molar-refractivity contribution is -0.274. The number of alkyl halides is 3. The van der Waals surface area contributed by atoms with Gasteiger partial charge in [0, 0.05) is 19.7 Å². The molecule has 2 aromatic rings. The lowest BCUT2D eigenvalue weighted by atomic mass is 10.3. The maximum Gasteiger partial charge on any atom is 0.573 e. The van der Waals surface area contributed by atoms with Gasteiger partial charge in [-0.25, -0.2) is 4.98 Å². The fourth-order valence-corrected chi connectivity index (χ4v) is 2.61. The van der Waals surface area contributed by atoms with E-state index < -0.39 is 6.36 Å². The van der Waals surface area contributed by atoms with E-state index in [-0.39, 0.29) is 18.2 Å². The quantitative estimate of drug-likeness (QED) is 0.751. The fraction of sp³-hybridized carbons (Fsp3) is 0.385. The summed E-state index contributed by atoms with van der Waals surface area (Å²) in [4.78, 5) is 15.8. The summed E-state index contributed by atoms with van der Waals surface area (Å²) in [5, 5.41) is 5.76. The summed E-state index contributed by atoms with van der Waals surface area (Å²) in [6, 6.07) is 3.81. The second-order valence-corrected chi connectivity index (χ2v) is 5.44. The second kappa shape index (κ2) is 7.57. The molecule has 6 nitrogen and oxygen atoms in total. The highest BCUT2D eigenvalue weighted by Gasteiger charge is 2.31. The van der Waals surface area contributed by atoms with Crippen molar-refractivity contribution in [3.05, 3.63) is 18.2 Å². The van der Waals surface area contributed by atoms with E-state index in [9.17, 15) is 18.0 Å². The van der Waals surface area contributed by atoms with Gasteiger partial charge in [-0.3, -0.25) is 4.79 Å². The zero-order valence-electron chi connectivity index (χ0n) is 12.1. The average Bonchev–Trinajstić information content (AvgIpc) is 2.83. The third-order valence-corrected chi connectivity index (χ3v) is 3.54. The largest absolute Gasteiger partial charge is 0.573 e. The van der Waals surface area contributed by atoms with Gasteiger partial charge in [-0.05, 0) is 12.1 Å². The zero-order valence-corrected chi connectivity index (χ0v) is 12.9. The minimum Gasteiger partial charge on any atom is -0.406 e. The zero-order chi connectivity index (χ0) is 16.9. The molecule has 0 unspecified atom stereocenters. The molecule has 2 rings (SSSR count). The molecule has 0 spiro atoms. The van der Waals surface area contributed by atoms with Crippen LogP contribution >= 0.6 is 11.3 Å². The molecule has 1 aromatic heterocycles. The predicted molar refractivity (Wildman–Crippen MR) is 79.7 cm³/mol. The standard InChI is InChI=1S/C13H14F3N3O3S/c1-21-5-4-17-7-11(20)19-12-18-9-3-2-8(6-10(9)23-12)22-13(14,15)16/h2-3,6,17H,4-5,7H2,1H3,(H,18,19,20). The summed E-state index contributed by atoms with van der Waals surface area (Å²) < 4.78 is 45.7. The van der Waals surface area contributed by atoms with Gasteiger partial charge in [-0.2, -0.15) is 0 Å². The van der Waals surface area contributed by atoms with Crippen LogP contribution in [0.3, 0.4) is 0 Å². The van der Waals surface area contributed by atoms with E-state index in [4.69, 9.17) is 4.74 Å². The lowest BCUT2D eigenvalue weighted by Crippen LogP contribution is -2.30. The van der Waals surface area contributed by atoms with Crippen molar-refractivity contribution in [1.29, 1.82) is 0 Å². The minimum atomic E-state index is -4.75. The molecule has 0 saturated carbocycles. The van der Waals surface area contributed by atoms with Gasteiger partial charge in [0.25, 0.3) is 0 Å². The van der Waals surface area contributed by atoms with E-state index in [1.807, 2.05) is 0 Å². The van der Waals surface area contributed by atoms with E-state index in [0.717, 1.165) is 11.3 Å². The number of rotatable bonds is 7. The number of halogens is 3. The molecule has 0 bridgehead atoms. The molecule has 0 aliphatic heterocycles.